The first kappa shape index (κ1) is 18.6. The van der Waals surface area contributed by atoms with Crippen LogP contribution in [-0.4, -0.2) is 22.1 Å². The molecule has 1 aromatic carbocycles. The lowest BCUT2D eigenvalue weighted by Gasteiger charge is -2.06. The van der Waals surface area contributed by atoms with Gasteiger partial charge in [0.25, 0.3) is 0 Å². The summed E-state index contributed by atoms with van der Waals surface area (Å²) in [5.41, 5.74) is 0.752. The Balaban J connectivity index is 1.65. The lowest BCUT2D eigenvalue weighted by atomic mass is 10.2. The fourth-order valence-corrected chi connectivity index (χ4v) is 2.72. The molecule has 1 N–H and O–H groups in total. The van der Waals surface area contributed by atoms with Gasteiger partial charge in [0.15, 0.2) is 0 Å². The minimum atomic E-state index is -0.374. The van der Waals surface area contributed by atoms with Crippen molar-refractivity contribution in [2.45, 2.75) is 32.8 Å². The smallest absolute Gasteiger partial charge is 0.306 e. The van der Waals surface area contributed by atoms with Crippen LogP contribution in [-0.2, 0) is 20.9 Å². The first-order valence-electron chi connectivity index (χ1n) is 7.13. The number of aryl methyl sites for hydroxylation is 1. The molecule has 1 aromatic heterocycles. The van der Waals surface area contributed by atoms with Crippen molar-refractivity contribution >= 4 is 51.5 Å². The molecule has 0 atom stereocenters. The largest absolute Gasteiger partial charge is 0.461 e. The molecule has 0 spiro atoms. The van der Waals surface area contributed by atoms with Crippen LogP contribution in [0.5, 0.6) is 0 Å². The van der Waals surface area contributed by atoms with Crippen LogP contribution in [0.2, 0.25) is 10.0 Å². The molecule has 0 saturated heterocycles. The second kappa shape index (κ2) is 8.96. The quantitative estimate of drug-likeness (QED) is 0.725. The van der Waals surface area contributed by atoms with Crippen molar-refractivity contribution in [3.05, 3.63) is 38.8 Å². The van der Waals surface area contributed by atoms with E-state index in [0.29, 0.717) is 21.6 Å². The second-order valence-corrected chi connectivity index (χ2v) is 6.93. The van der Waals surface area contributed by atoms with Gasteiger partial charge in [0.1, 0.15) is 11.6 Å². The Morgan fingerprint density at radius 3 is 2.67 bits per heavy atom. The van der Waals surface area contributed by atoms with Gasteiger partial charge in [-0.1, -0.05) is 40.6 Å². The summed E-state index contributed by atoms with van der Waals surface area (Å²) < 4.78 is 5.13. The highest BCUT2D eigenvalue weighted by atomic mass is 35.5. The number of rotatable bonds is 7. The van der Waals surface area contributed by atoms with Gasteiger partial charge >= 0.3 is 5.97 Å². The van der Waals surface area contributed by atoms with E-state index in [-0.39, 0.29) is 31.3 Å². The SMILES string of the molecule is Cc1nnc(NC(=O)CCCC(=O)OCc2ccc(Cl)c(Cl)c2)s1. The van der Waals surface area contributed by atoms with E-state index in [1.807, 2.05) is 0 Å². The van der Waals surface area contributed by atoms with Crippen LogP contribution in [0.4, 0.5) is 5.13 Å². The fourth-order valence-electron chi connectivity index (χ4n) is 1.79. The van der Waals surface area contributed by atoms with Gasteiger partial charge in [-0.05, 0) is 31.0 Å². The molecule has 0 fully saturated rings. The molecule has 0 bridgehead atoms. The summed E-state index contributed by atoms with van der Waals surface area (Å²) >= 11 is 13.0. The molecule has 128 valence electrons. The molecule has 0 unspecified atom stereocenters. The topological polar surface area (TPSA) is 81.2 Å². The summed E-state index contributed by atoms with van der Waals surface area (Å²) in [4.78, 5) is 23.4. The number of benzene rings is 1. The number of carbonyl (C=O) groups is 2. The van der Waals surface area contributed by atoms with E-state index in [1.165, 1.54) is 11.3 Å². The molecule has 9 heteroatoms. The molecule has 2 aromatic rings. The number of anilines is 1. The zero-order valence-electron chi connectivity index (χ0n) is 12.8. The van der Waals surface area contributed by atoms with Crippen molar-refractivity contribution in [1.29, 1.82) is 0 Å². The highest BCUT2D eigenvalue weighted by Gasteiger charge is 2.09. The number of aromatic nitrogens is 2. The predicted molar refractivity (Wildman–Crippen MR) is 93.4 cm³/mol. The molecule has 0 saturated carbocycles. The average molecular weight is 388 g/mol. The average Bonchev–Trinajstić information content (AvgIpc) is 2.93. The van der Waals surface area contributed by atoms with Gasteiger partial charge in [-0.3, -0.25) is 9.59 Å². The van der Waals surface area contributed by atoms with Gasteiger partial charge in [0.2, 0.25) is 11.0 Å². The van der Waals surface area contributed by atoms with Crippen LogP contribution in [0.25, 0.3) is 0 Å². The minimum absolute atomic E-state index is 0.117. The number of halogens is 2. The normalized spacial score (nSPS) is 10.5. The molecule has 1 heterocycles. The van der Waals surface area contributed by atoms with Gasteiger partial charge in [-0.2, -0.15) is 0 Å². The molecule has 0 aliphatic heterocycles. The number of amides is 1. The highest BCUT2D eigenvalue weighted by Crippen LogP contribution is 2.23. The maximum atomic E-state index is 11.7. The van der Waals surface area contributed by atoms with E-state index in [4.69, 9.17) is 27.9 Å². The van der Waals surface area contributed by atoms with Crippen molar-refractivity contribution in [3.8, 4) is 0 Å². The maximum absolute atomic E-state index is 11.7. The zero-order chi connectivity index (χ0) is 17.5. The van der Waals surface area contributed by atoms with E-state index in [0.717, 1.165) is 10.6 Å². The molecule has 1 amide bonds. The molecule has 0 aliphatic rings. The lowest BCUT2D eigenvalue weighted by molar-refractivity contribution is -0.145. The van der Waals surface area contributed by atoms with Gasteiger partial charge < -0.3 is 10.1 Å². The Hall–Kier alpha value is -1.70. The Morgan fingerprint density at radius 1 is 1.21 bits per heavy atom. The first-order valence-corrected chi connectivity index (χ1v) is 8.71. The standard InChI is InChI=1S/C15H15Cl2N3O3S/c1-9-19-20-15(24-9)18-13(21)3-2-4-14(22)23-8-10-5-6-11(16)12(17)7-10/h5-7H,2-4,8H2,1H3,(H,18,20,21). The summed E-state index contributed by atoms with van der Waals surface area (Å²) in [5, 5.41) is 12.3. The van der Waals surface area contributed by atoms with Crippen LogP contribution in [0, 0.1) is 6.92 Å². The fraction of sp³-hybridized carbons (Fsp3) is 0.333. The first-order chi connectivity index (χ1) is 11.4. The Bertz CT molecular complexity index is 737. The Morgan fingerprint density at radius 2 is 2.00 bits per heavy atom. The molecule has 24 heavy (non-hydrogen) atoms. The summed E-state index contributed by atoms with van der Waals surface area (Å²) in [6.07, 6.45) is 0.758. The minimum Gasteiger partial charge on any atom is -0.461 e. The van der Waals surface area contributed by atoms with E-state index >= 15 is 0 Å². The predicted octanol–water partition coefficient (Wildman–Crippen LogP) is 4.01. The van der Waals surface area contributed by atoms with Crippen LogP contribution in [0.3, 0.4) is 0 Å². The summed E-state index contributed by atoms with van der Waals surface area (Å²) in [7, 11) is 0. The monoisotopic (exact) mass is 387 g/mol. The number of hydrogen-bond acceptors (Lipinski definition) is 6. The van der Waals surface area contributed by atoms with Crippen molar-refractivity contribution in [1.82, 2.24) is 10.2 Å². The Kier molecular flexibility index (Phi) is 6.96. The second-order valence-electron chi connectivity index (χ2n) is 4.94. The molecule has 2 rings (SSSR count). The number of ether oxygens (including phenoxy) is 1. The van der Waals surface area contributed by atoms with Crippen molar-refractivity contribution < 1.29 is 14.3 Å². The van der Waals surface area contributed by atoms with E-state index in [9.17, 15) is 9.59 Å². The number of hydrogen-bond donors (Lipinski definition) is 1. The van der Waals surface area contributed by atoms with E-state index in [2.05, 4.69) is 15.5 Å². The molecular weight excluding hydrogens is 373 g/mol. The molecule has 6 nitrogen and oxygen atoms in total. The maximum Gasteiger partial charge on any atom is 0.306 e. The summed E-state index contributed by atoms with van der Waals surface area (Å²) in [5.74, 6) is -0.580. The number of nitrogens with zero attached hydrogens (tertiary/aromatic N) is 2. The van der Waals surface area contributed by atoms with Crippen LogP contribution in [0.15, 0.2) is 18.2 Å². The lowest BCUT2D eigenvalue weighted by Crippen LogP contribution is -2.12. The van der Waals surface area contributed by atoms with Crippen LogP contribution < -0.4 is 5.32 Å². The third-order valence-electron chi connectivity index (χ3n) is 2.94. The summed E-state index contributed by atoms with van der Waals surface area (Å²) in [6, 6.07) is 5.03. The van der Waals surface area contributed by atoms with Crippen molar-refractivity contribution in [3.63, 3.8) is 0 Å². The number of nitrogens with one attached hydrogen (secondary N) is 1. The highest BCUT2D eigenvalue weighted by molar-refractivity contribution is 7.15. The number of carbonyl (C=O) groups excluding carboxylic acids is 2. The molecule has 0 radical (unpaired) electrons. The van der Waals surface area contributed by atoms with Crippen molar-refractivity contribution in [2.75, 3.05) is 5.32 Å². The van der Waals surface area contributed by atoms with E-state index in [1.54, 1.807) is 25.1 Å². The third kappa shape index (κ3) is 6.07. The molecule has 0 aliphatic carbocycles. The van der Waals surface area contributed by atoms with Crippen LogP contribution in [0.1, 0.15) is 29.8 Å². The molecular formula is C15H15Cl2N3O3S. The van der Waals surface area contributed by atoms with Crippen LogP contribution >= 0.6 is 34.5 Å². The van der Waals surface area contributed by atoms with Gasteiger partial charge in [0.05, 0.1) is 10.0 Å². The van der Waals surface area contributed by atoms with Crippen molar-refractivity contribution in [2.24, 2.45) is 0 Å². The summed E-state index contributed by atoms with van der Waals surface area (Å²) in [6.45, 7) is 1.92. The third-order valence-corrected chi connectivity index (χ3v) is 4.43. The van der Waals surface area contributed by atoms with Gasteiger partial charge in [0, 0.05) is 12.8 Å². The number of esters is 1. The van der Waals surface area contributed by atoms with Gasteiger partial charge in [-0.25, -0.2) is 0 Å². The zero-order valence-corrected chi connectivity index (χ0v) is 15.2. The van der Waals surface area contributed by atoms with Gasteiger partial charge in [-0.15, -0.1) is 10.2 Å². The van der Waals surface area contributed by atoms with E-state index < -0.39 is 0 Å². The Labute approximate surface area is 153 Å².